The first-order valence-electron chi connectivity index (χ1n) is 8.27. The lowest BCUT2D eigenvalue weighted by Gasteiger charge is -2.38. The first kappa shape index (κ1) is 18.4. The topological polar surface area (TPSA) is 44.8 Å². The fourth-order valence-corrected chi connectivity index (χ4v) is 2.93. The Balaban J connectivity index is 2.41. The smallest absolute Gasteiger partial charge is 0.326 e. The van der Waals surface area contributed by atoms with E-state index >= 15 is 0 Å². The quantitative estimate of drug-likeness (QED) is 0.685. The molecule has 1 rings (SSSR count). The van der Waals surface area contributed by atoms with Crippen molar-refractivity contribution in [2.75, 3.05) is 46.4 Å². The summed E-state index contributed by atoms with van der Waals surface area (Å²) in [6, 6.07) is 0.615. The number of esters is 1. The second-order valence-electron chi connectivity index (χ2n) is 6.32. The van der Waals surface area contributed by atoms with Crippen molar-refractivity contribution < 1.29 is 9.53 Å². The number of rotatable bonds is 8. The maximum absolute atomic E-state index is 12.1. The number of nitrogens with one attached hydrogen (secondary N) is 1. The zero-order chi connectivity index (χ0) is 15.9. The maximum atomic E-state index is 12.1. The van der Waals surface area contributed by atoms with Gasteiger partial charge in [-0.1, -0.05) is 6.92 Å². The Labute approximate surface area is 130 Å². The summed E-state index contributed by atoms with van der Waals surface area (Å²) in [4.78, 5) is 17.0. The first-order valence-corrected chi connectivity index (χ1v) is 8.27. The number of piperazine rings is 1. The molecule has 0 aromatic carbocycles. The SMILES string of the molecule is CCNC(C)(CCCN1CCN(C)C(C)C1)C(=O)OCC. The molecule has 0 radical (unpaired) electrons. The molecule has 1 saturated heterocycles. The molecule has 0 aromatic heterocycles. The van der Waals surface area contributed by atoms with E-state index in [1.54, 1.807) is 0 Å². The lowest BCUT2D eigenvalue weighted by atomic mass is 9.95. The highest BCUT2D eigenvalue weighted by molar-refractivity contribution is 5.80. The van der Waals surface area contributed by atoms with Crippen LogP contribution in [0.5, 0.6) is 0 Å². The van der Waals surface area contributed by atoms with Gasteiger partial charge in [0, 0.05) is 25.7 Å². The Kier molecular flexibility index (Phi) is 7.63. The van der Waals surface area contributed by atoms with Gasteiger partial charge in [-0.3, -0.25) is 4.79 Å². The summed E-state index contributed by atoms with van der Waals surface area (Å²) >= 11 is 0. The van der Waals surface area contributed by atoms with E-state index in [4.69, 9.17) is 4.74 Å². The monoisotopic (exact) mass is 299 g/mol. The second-order valence-corrected chi connectivity index (χ2v) is 6.32. The molecule has 1 N–H and O–H groups in total. The van der Waals surface area contributed by atoms with Gasteiger partial charge in [-0.2, -0.15) is 0 Å². The van der Waals surface area contributed by atoms with E-state index in [-0.39, 0.29) is 5.97 Å². The number of likely N-dealkylation sites (N-methyl/N-ethyl adjacent to an activating group) is 2. The van der Waals surface area contributed by atoms with Gasteiger partial charge in [0.1, 0.15) is 5.54 Å². The molecule has 21 heavy (non-hydrogen) atoms. The van der Waals surface area contributed by atoms with Gasteiger partial charge >= 0.3 is 5.97 Å². The van der Waals surface area contributed by atoms with Crippen LogP contribution in [0.2, 0.25) is 0 Å². The minimum absolute atomic E-state index is 0.126. The van der Waals surface area contributed by atoms with E-state index in [2.05, 4.69) is 29.1 Å². The number of hydrogen-bond donors (Lipinski definition) is 1. The third-order valence-electron chi connectivity index (χ3n) is 4.49. The summed E-state index contributed by atoms with van der Waals surface area (Å²) in [5, 5.41) is 3.30. The highest BCUT2D eigenvalue weighted by atomic mass is 16.5. The summed E-state index contributed by atoms with van der Waals surface area (Å²) in [5.41, 5.74) is -0.553. The Morgan fingerprint density at radius 3 is 2.67 bits per heavy atom. The predicted octanol–water partition coefficient (Wildman–Crippen LogP) is 1.33. The Bertz CT molecular complexity index is 325. The normalized spacial score (nSPS) is 23.8. The summed E-state index contributed by atoms with van der Waals surface area (Å²) < 4.78 is 5.21. The van der Waals surface area contributed by atoms with Crippen LogP contribution in [0.4, 0.5) is 0 Å². The van der Waals surface area contributed by atoms with E-state index in [1.807, 2.05) is 20.8 Å². The molecule has 124 valence electrons. The fraction of sp³-hybridized carbons (Fsp3) is 0.938. The van der Waals surface area contributed by atoms with Crippen LogP contribution < -0.4 is 5.32 Å². The molecule has 1 fully saturated rings. The molecule has 5 heteroatoms. The molecular weight excluding hydrogens is 266 g/mol. The molecule has 5 nitrogen and oxygen atoms in total. The predicted molar refractivity (Wildman–Crippen MR) is 86.5 cm³/mol. The van der Waals surface area contributed by atoms with Gasteiger partial charge in [0.05, 0.1) is 6.61 Å². The van der Waals surface area contributed by atoms with Crippen molar-refractivity contribution in [2.45, 2.75) is 52.1 Å². The van der Waals surface area contributed by atoms with Crippen molar-refractivity contribution in [1.29, 1.82) is 0 Å². The van der Waals surface area contributed by atoms with Gasteiger partial charge < -0.3 is 19.9 Å². The van der Waals surface area contributed by atoms with Crippen molar-refractivity contribution in [2.24, 2.45) is 0 Å². The van der Waals surface area contributed by atoms with E-state index in [1.165, 1.54) is 0 Å². The molecule has 1 aliphatic rings. The highest BCUT2D eigenvalue weighted by Gasteiger charge is 2.33. The van der Waals surface area contributed by atoms with Gasteiger partial charge in [0.15, 0.2) is 0 Å². The molecule has 2 unspecified atom stereocenters. The number of carbonyl (C=O) groups is 1. The van der Waals surface area contributed by atoms with Crippen molar-refractivity contribution in [1.82, 2.24) is 15.1 Å². The third kappa shape index (κ3) is 5.57. The van der Waals surface area contributed by atoms with Crippen molar-refractivity contribution >= 4 is 5.97 Å². The average Bonchev–Trinajstić information content (AvgIpc) is 2.43. The molecule has 1 aliphatic heterocycles. The van der Waals surface area contributed by atoms with Crippen molar-refractivity contribution in [3.8, 4) is 0 Å². The first-order chi connectivity index (χ1) is 9.92. The van der Waals surface area contributed by atoms with Crippen molar-refractivity contribution in [3.05, 3.63) is 0 Å². The Hall–Kier alpha value is -0.650. The standard InChI is InChI=1S/C16H33N3O2/c1-6-17-16(4,15(20)21-7-2)9-8-10-19-12-11-18(5)14(3)13-19/h14,17H,6-13H2,1-5H3. The van der Waals surface area contributed by atoms with E-state index < -0.39 is 5.54 Å². The zero-order valence-electron chi connectivity index (χ0n) is 14.4. The van der Waals surface area contributed by atoms with E-state index in [0.717, 1.165) is 45.6 Å². The number of ether oxygens (including phenoxy) is 1. The molecule has 0 spiro atoms. The van der Waals surface area contributed by atoms with Gasteiger partial charge in [-0.25, -0.2) is 0 Å². The van der Waals surface area contributed by atoms with E-state index in [9.17, 15) is 4.79 Å². The third-order valence-corrected chi connectivity index (χ3v) is 4.49. The van der Waals surface area contributed by atoms with Crippen LogP contribution in [0.3, 0.4) is 0 Å². The van der Waals surface area contributed by atoms with Crippen molar-refractivity contribution in [3.63, 3.8) is 0 Å². The average molecular weight is 299 g/mol. The van der Waals surface area contributed by atoms with Gasteiger partial charge in [0.25, 0.3) is 0 Å². The molecule has 0 amide bonds. The lowest BCUT2D eigenvalue weighted by Crippen LogP contribution is -2.52. The van der Waals surface area contributed by atoms with Crippen LogP contribution in [0.15, 0.2) is 0 Å². The van der Waals surface area contributed by atoms with Gasteiger partial charge in [0.2, 0.25) is 0 Å². The van der Waals surface area contributed by atoms with E-state index in [0.29, 0.717) is 12.6 Å². The summed E-state index contributed by atoms with van der Waals surface area (Å²) in [5.74, 6) is -0.126. The van der Waals surface area contributed by atoms with Crippen LogP contribution in [-0.2, 0) is 9.53 Å². The summed E-state index contributed by atoms with van der Waals surface area (Å²) in [6.45, 7) is 13.8. The number of hydrogen-bond acceptors (Lipinski definition) is 5. The molecule has 0 aromatic rings. The van der Waals surface area contributed by atoms with Gasteiger partial charge in [-0.05, 0) is 53.8 Å². The minimum atomic E-state index is -0.553. The Morgan fingerprint density at radius 1 is 1.38 bits per heavy atom. The molecule has 0 bridgehead atoms. The largest absolute Gasteiger partial charge is 0.465 e. The number of carbonyl (C=O) groups excluding carboxylic acids is 1. The number of nitrogens with zero attached hydrogens (tertiary/aromatic N) is 2. The highest BCUT2D eigenvalue weighted by Crippen LogP contribution is 2.16. The van der Waals surface area contributed by atoms with Crippen LogP contribution in [-0.4, -0.2) is 73.7 Å². The van der Waals surface area contributed by atoms with Crippen LogP contribution >= 0.6 is 0 Å². The molecule has 2 atom stereocenters. The fourth-order valence-electron chi connectivity index (χ4n) is 2.93. The van der Waals surface area contributed by atoms with Crippen LogP contribution in [0.1, 0.15) is 40.5 Å². The summed E-state index contributed by atoms with van der Waals surface area (Å²) in [7, 11) is 2.19. The molecular formula is C16H33N3O2. The second kappa shape index (κ2) is 8.71. The zero-order valence-corrected chi connectivity index (χ0v) is 14.4. The van der Waals surface area contributed by atoms with Crippen LogP contribution in [0, 0.1) is 0 Å². The molecule has 0 aliphatic carbocycles. The van der Waals surface area contributed by atoms with Gasteiger partial charge in [-0.15, -0.1) is 0 Å². The molecule has 0 saturated carbocycles. The lowest BCUT2D eigenvalue weighted by molar-refractivity contribution is -0.150. The minimum Gasteiger partial charge on any atom is -0.465 e. The summed E-state index contributed by atoms with van der Waals surface area (Å²) in [6.07, 6.45) is 1.83. The maximum Gasteiger partial charge on any atom is 0.326 e. The molecule has 1 heterocycles. The Morgan fingerprint density at radius 2 is 2.10 bits per heavy atom. The van der Waals surface area contributed by atoms with Crippen LogP contribution in [0.25, 0.3) is 0 Å².